The first-order valence-electron chi connectivity index (χ1n) is 5.86. The molecule has 1 saturated carbocycles. The lowest BCUT2D eigenvalue weighted by Gasteiger charge is -2.25. The van der Waals surface area contributed by atoms with Gasteiger partial charge in [-0.25, -0.2) is 9.97 Å². The van der Waals surface area contributed by atoms with E-state index in [1.165, 1.54) is 7.11 Å². The Kier molecular flexibility index (Phi) is 3.56. The number of nitrogens with zero attached hydrogens (tertiary/aromatic N) is 2. The molecule has 1 N–H and O–H groups in total. The van der Waals surface area contributed by atoms with Crippen molar-refractivity contribution in [2.75, 3.05) is 19.0 Å². The molecule has 2 rings (SSSR count). The Labute approximate surface area is 101 Å². The third-order valence-corrected chi connectivity index (χ3v) is 3.33. The fourth-order valence-corrected chi connectivity index (χ4v) is 2.36. The van der Waals surface area contributed by atoms with Gasteiger partial charge in [-0.05, 0) is 18.9 Å². The van der Waals surface area contributed by atoms with Crippen molar-refractivity contribution in [2.24, 2.45) is 5.41 Å². The van der Waals surface area contributed by atoms with E-state index in [1.807, 2.05) is 0 Å². The van der Waals surface area contributed by atoms with Crippen LogP contribution in [0.25, 0.3) is 0 Å². The van der Waals surface area contributed by atoms with Gasteiger partial charge in [0.2, 0.25) is 5.95 Å². The first-order valence-corrected chi connectivity index (χ1v) is 5.86. The second-order valence-electron chi connectivity index (χ2n) is 4.40. The molecule has 1 fully saturated rings. The molecule has 0 aromatic carbocycles. The van der Waals surface area contributed by atoms with Gasteiger partial charge in [-0.1, -0.05) is 12.8 Å². The fraction of sp³-hybridized carbons (Fsp3) is 0.583. The SMILES string of the molecule is COC(=O)C1(CNc2ncccn2)CCCC1. The lowest BCUT2D eigenvalue weighted by molar-refractivity contribution is -0.151. The Balaban J connectivity index is 2.02. The van der Waals surface area contributed by atoms with E-state index >= 15 is 0 Å². The van der Waals surface area contributed by atoms with Crippen molar-refractivity contribution in [2.45, 2.75) is 25.7 Å². The highest BCUT2D eigenvalue weighted by atomic mass is 16.5. The van der Waals surface area contributed by atoms with Crippen molar-refractivity contribution < 1.29 is 9.53 Å². The predicted octanol–water partition coefficient (Wildman–Crippen LogP) is 1.62. The summed E-state index contributed by atoms with van der Waals surface area (Å²) in [6, 6.07) is 1.76. The lowest BCUT2D eigenvalue weighted by Crippen LogP contribution is -2.36. The summed E-state index contributed by atoms with van der Waals surface area (Å²) < 4.78 is 4.91. The maximum Gasteiger partial charge on any atom is 0.313 e. The summed E-state index contributed by atoms with van der Waals surface area (Å²) in [6.45, 7) is 0.545. The van der Waals surface area contributed by atoms with Crippen molar-refractivity contribution >= 4 is 11.9 Å². The van der Waals surface area contributed by atoms with E-state index in [0.29, 0.717) is 12.5 Å². The van der Waals surface area contributed by atoms with E-state index in [4.69, 9.17) is 4.74 Å². The number of hydrogen-bond donors (Lipinski definition) is 1. The Bertz CT molecular complexity index is 375. The summed E-state index contributed by atoms with van der Waals surface area (Å²) in [6.07, 6.45) is 7.25. The van der Waals surface area contributed by atoms with Crippen LogP contribution in [0.3, 0.4) is 0 Å². The van der Waals surface area contributed by atoms with E-state index in [-0.39, 0.29) is 5.97 Å². The average molecular weight is 235 g/mol. The molecule has 17 heavy (non-hydrogen) atoms. The van der Waals surface area contributed by atoms with Crippen LogP contribution in [0.4, 0.5) is 5.95 Å². The van der Waals surface area contributed by atoms with Crippen LogP contribution < -0.4 is 5.32 Å². The van der Waals surface area contributed by atoms with Crippen LogP contribution in [0, 0.1) is 5.41 Å². The maximum absolute atomic E-state index is 11.9. The number of carbonyl (C=O) groups is 1. The second kappa shape index (κ2) is 5.12. The van der Waals surface area contributed by atoms with Crippen molar-refractivity contribution in [3.8, 4) is 0 Å². The Morgan fingerprint density at radius 1 is 1.41 bits per heavy atom. The van der Waals surface area contributed by atoms with Crippen LogP contribution in [-0.2, 0) is 9.53 Å². The molecule has 1 aromatic rings. The molecule has 1 aromatic heterocycles. The Hall–Kier alpha value is -1.65. The van der Waals surface area contributed by atoms with Crippen LogP contribution in [0.15, 0.2) is 18.5 Å². The van der Waals surface area contributed by atoms with Gasteiger partial charge < -0.3 is 10.1 Å². The third-order valence-electron chi connectivity index (χ3n) is 3.33. The molecule has 0 spiro atoms. The van der Waals surface area contributed by atoms with Crippen molar-refractivity contribution in [1.29, 1.82) is 0 Å². The van der Waals surface area contributed by atoms with Gasteiger partial charge in [0.15, 0.2) is 0 Å². The number of anilines is 1. The van der Waals surface area contributed by atoms with Gasteiger partial charge in [0.05, 0.1) is 12.5 Å². The summed E-state index contributed by atoms with van der Waals surface area (Å²) >= 11 is 0. The number of esters is 1. The summed E-state index contributed by atoms with van der Waals surface area (Å²) in [4.78, 5) is 20.0. The smallest absolute Gasteiger partial charge is 0.313 e. The topological polar surface area (TPSA) is 64.1 Å². The zero-order chi connectivity index (χ0) is 12.1. The molecule has 5 heteroatoms. The molecule has 1 heterocycles. The number of aromatic nitrogens is 2. The molecule has 0 unspecified atom stereocenters. The number of carbonyl (C=O) groups excluding carboxylic acids is 1. The first kappa shape index (κ1) is 11.8. The minimum absolute atomic E-state index is 0.126. The van der Waals surface area contributed by atoms with Crippen LogP contribution in [0.2, 0.25) is 0 Å². The summed E-state index contributed by atoms with van der Waals surface area (Å²) in [5.41, 5.74) is -0.395. The van der Waals surface area contributed by atoms with Gasteiger partial charge in [0.25, 0.3) is 0 Å². The highest BCUT2D eigenvalue weighted by Crippen LogP contribution is 2.39. The van der Waals surface area contributed by atoms with E-state index < -0.39 is 5.41 Å². The summed E-state index contributed by atoms with van der Waals surface area (Å²) in [5.74, 6) is 0.432. The molecule has 5 nitrogen and oxygen atoms in total. The largest absolute Gasteiger partial charge is 0.469 e. The third kappa shape index (κ3) is 2.54. The van der Waals surface area contributed by atoms with E-state index in [9.17, 15) is 4.79 Å². The molecule has 1 aliphatic rings. The molecule has 0 saturated heterocycles. The number of rotatable bonds is 4. The molecule has 92 valence electrons. The highest BCUT2D eigenvalue weighted by Gasteiger charge is 2.42. The number of hydrogen-bond acceptors (Lipinski definition) is 5. The monoisotopic (exact) mass is 235 g/mol. The first-order chi connectivity index (χ1) is 8.27. The Morgan fingerprint density at radius 2 is 2.06 bits per heavy atom. The van der Waals surface area contributed by atoms with Gasteiger partial charge >= 0.3 is 5.97 Å². The lowest BCUT2D eigenvalue weighted by atomic mass is 9.86. The van der Waals surface area contributed by atoms with Crippen LogP contribution >= 0.6 is 0 Å². The van der Waals surface area contributed by atoms with Gasteiger partial charge in [-0.15, -0.1) is 0 Å². The molecule has 0 atom stereocenters. The van der Waals surface area contributed by atoms with E-state index in [2.05, 4.69) is 15.3 Å². The van der Waals surface area contributed by atoms with Crippen LogP contribution in [0.5, 0.6) is 0 Å². The highest BCUT2D eigenvalue weighted by molar-refractivity contribution is 5.77. The van der Waals surface area contributed by atoms with Gasteiger partial charge in [0.1, 0.15) is 0 Å². The summed E-state index contributed by atoms with van der Waals surface area (Å²) in [5, 5.41) is 3.12. The van der Waals surface area contributed by atoms with Gasteiger partial charge in [-0.2, -0.15) is 0 Å². The predicted molar refractivity (Wildman–Crippen MR) is 63.4 cm³/mol. The summed E-state index contributed by atoms with van der Waals surface area (Å²) in [7, 11) is 1.45. The average Bonchev–Trinajstić information content (AvgIpc) is 2.87. The fourth-order valence-electron chi connectivity index (χ4n) is 2.36. The zero-order valence-corrected chi connectivity index (χ0v) is 9.98. The van der Waals surface area contributed by atoms with Crippen molar-refractivity contribution in [3.05, 3.63) is 18.5 Å². The number of ether oxygens (including phenoxy) is 1. The molecule has 0 radical (unpaired) electrons. The molecule has 0 bridgehead atoms. The van der Waals surface area contributed by atoms with Crippen molar-refractivity contribution in [1.82, 2.24) is 9.97 Å². The van der Waals surface area contributed by atoms with Gasteiger partial charge in [0, 0.05) is 18.9 Å². The molecule has 0 amide bonds. The minimum Gasteiger partial charge on any atom is -0.469 e. The standard InChI is InChI=1S/C12H17N3O2/c1-17-10(16)12(5-2-3-6-12)9-15-11-13-7-4-8-14-11/h4,7-8H,2-3,5-6,9H2,1H3,(H,13,14,15). The molecular formula is C12H17N3O2. The second-order valence-corrected chi connectivity index (χ2v) is 4.40. The number of nitrogens with one attached hydrogen (secondary N) is 1. The van der Waals surface area contributed by atoms with Crippen LogP contribution in [-0.4, -0.2) is 29.6 Å². The number of methoxy groups -OCH3 is 1. The quantitative estimate of drug-likeness (QED) is 0.803. The normalized spacial score (nSPS) is 17.7. The van der Waals surface area contributed by atoms with Crippen molar-refractivity contribution in [3.63, 3.8) is 0 Å². The molecule has 0 aliphatic heterocycles. The molecule has 1 aliphatic carbocycles. The Morgan fingerprint density at radius 3 is 2.65 bits per heavy atom. The van der Waals surface area contributed by atoms with Gasteiger partial charge in [-0.3, -0.25) is 4.79 Å². The zero-order valence-electron chi connectivity index (χ0n) is 9.98. The minimum atomic E-state index is -0.395. The van der Waals surface area contributed by atoms with E-state index in [0.717, 1.165) is 25.7 Å². The molecular weight excluding hydrogens is 218 g/mol. The maximum atomic E-state index is 11.9. The van der Waals surface area contributed by atoms with Crippen LogP contribution in [0.1, 0.15) is 25.7 Å². The van der Waals surface area contributed by atoms with E-state index in [1.54, 1.807) is 18.5 Å².